The topological polar surface area (TPSA) is 52.8 Å². The van der Waals surface area contributed by atoms with Gasteiger partial charge in [0.1, 0.15) is 5.52 Å². The van der Waals surface area contributed by atoms with E-state index in [0.29, 0.717) is 13.0 Å². The summed E-state index contributed by atoms with van der Waals surface area (Å²) in [5.41, 5.74) is 2.70. The molecule has 0 fully saturated rings. The highest BCUT2D eigenvalue weighted by atomic mass is 79.9. The lowest BCUT2D eigenvalue weighted by molar-refractivity contribution is 0.907. The number of anilines is 1. The maximum atomic E-state index is 8.60. The summed E-state index contributed by atoms with van der Waals surface area (Å²) >= 11 is 3.38. The monoisotopic (exact) mass is 290 g/mol. The van der Waals surface area contributed by atoms with Gasteiger partial charge in [-0.05, 0) is 28.1 Å². The van der Waals surface area contributed by atoms with Crippen molar-refractivity contribution in [3.63, 3.8) is 0 Å². The van der Waals surface area contributed by atoms with Gasteiger partial charge in [0.25, 0.3) is 0 Å². The Labute approximate surface area is 108 Å². The molecule has 0 aliphatic carbocycles. The van der Waals surface area contributed by atoms with Crippen molar-refractivity contribution in [1.29, 1.82) is 5.26 Å². The number of fused-ring (bicyclic) bond motifs is 1. The predicted molar refractivity (Wildman–Crippen MR) is 70.7 cm³/mol. The number of aromatic nitrogens is 2. The van der Waals surface area contributed by atoms with E-state index < -0.39 is 0 Å². The zero-order valence-corrected chi connectivity index (χ0v) is 11.0. The molecule has 0 spiro atoms. The standard InChI is InChI=1S/C12H11BrN4/c1-17(6-2-4-14)11-3-5-15-10-7-9(13)8-16-12(10)11/h3,5,7-8H,2,6H2,1H3. The molecule has 4 nitrogen and oxygen atoms in total. The number of pyridine rings is 2. The van der Waals surface area contributed by atoms with Crippen molar-refractivity contribution < 1.29 is 0 Å². The number of rotatable bonds is 3. The molecule has 2 aromatic rings. The Bertz CT molecular complexity index is 576. The van der Waals surface area contributed by atoms with Crippen LogP contribution in [0.4, 0.5) is 5.69 Å². The van der Waals surface area contributed by atoms with Crippen molar-refractivity contribution in [2.45, 2.75) is 6.42 Å². The first kappa shape index (κ1) is 11.8. The van der Waals surface area contributed by atoms with Gasteiger partial charge < -0.3 is 4.90 Å². The Balaban J connectivity index is 2.44. The van der Waals surface area contributed by atoms with Crippen LogP contribution in [0, 0.1) is 11.3 Å². The van der Waals surface area contributed by atoms with Crippen LogP contribution in [0.5, 0.6) is 0 Å². The molecule has 0 unspecified atom stereocenters. The minimum Gasteiger partial charge on any atom is -0.372 e. The minimum absolute atomic E-state index is 0.497. The van der Waals surface area contributed by atoms with Crippen molar-refractivity contribution in [2.24, 2.45) is 0 Å². The molecule has 5 heteroatoms. The second-order valence-electron chi connectivity index (χ2n) is 3.68. The first-order valence-corrected chi connectivity index (χ1v) is 6.00. The van der Waals surface area contributed by atoms with Crippen LogP contribution >= 0.6 is 15.9 Å². The molecule has 0 aliphatic heterocycles. The zero-order chi connectivity index (χ0) is 12.3. The molecule has 0 saturated carbocycles. The van der Waals surface area contributed by atoms with Crippen LogP contribution in [0.3, 0.4) is 0 Å². The van der Waals surface area contributed by atoms with Crippen LogP contribution in [-0.4, -0.2) is 23.6 Å². The van der Waals surface area contributed by atoms with Gasteiger partial charge in [-0.1, -0.05) is 0 Å². The van der Waals surface area contributed by atoms with E-state index in [1.54, 1.807) is 12.4 Å². The van der Waals surface area contributed by atoms with Crippen LogP contribution in [0.15, 0.2) is 29.0 Å². The molecule has 0 atom stereocenters. The third kappa shape index (κ3) is 2.53. The van der Waals surface area contributed by atoms with E-state index in [1.807, 2.05) is 24.1 Å². The zero-order valence-electron chi connectivity index (χ0n) is 9.39. The lowest BCUT2D eigenvalue weighted by Crippen LogP contribution is -2.18. The Hall–Kier alpha value is -1.67. The fraction of sp³-hybridized carbons (Fsp3) is 0.250. The summed E-state index contributed by atoms with van der Waals surface area (Å²) < 4.78 is 0.911. The Morgan fingerprint density at radius 2 is 2.29 bits per heavy atom. The van der Waals surface area contributed by atoms with Crippen molar-refractivity contribution in [2.75, 3.05) is 18.5 Å². The normalized spacial score (nSPS) is 10.2. The number of hydrogen-bond donors (Lipinski definition) is 0. The summed E-state index contributed by atoms with van der Waals surface area (Å²) in [7, 11) is 1.95. The van der Waals surface area contributed by atoms with E-state index in [-0.39, 0.29) is 0 Å². The molecule has 0 radical (unpaired) electrons. The summed E-state index contributed by atoms with van der Waals surface area (Å²) in [4.78, 5) is 10.7. The van der Waals surface area contributed by atoms with Gasteiger partial charge in [0, 0.05) is 30.5 Å². The SMILES string of the molecule is CN(CCC#N)c1ccnc2cc(Br)cnc12. The van der Waals surface area contributed by atoms with Gasteiger partial charge in [-0.3, -0.25) is 9.97 Å². The molecule has 0 bridgehead atoms. The molecule has 2 aromatic heterocycles. The summed E-state index contributed by atoms with van der Waals surface area (Å²) in [6.07, 6.45) is 4.01. The number of halogens is 1. The Kier molecular flexibility index (Phi) is 3.55. The van der Waals surface area contributed by atoms with E-state index in [4.69, 9.17) is 5.26 Å². The van der Waals surface area contributed by atoms with Gasteiger partial charge in [-0.25, -0.2) is 0 Å². The molecule has 0 N–H and O–H groups in total. The lowest BCUT2D eigenvalue weighted by Gasteiger charge is -2.18. The van der Waals surface area contributed by atoms with Gasteiger partial charge in [-0.2, -0.15) is 5.26 Å². The van der Waals surface area contributed by atoms with E-state index in [1.165, 1.54) is 0 Å². The highest BCUT2D eigenvalue weighted by Crippen LogP contribution is 2.24. The fourth-order valence-electron chi connectivity index (χ4n) is 1.64. The van der Waals surface area contributed by atoms with Gasteiger partial charge in [-0.15, -0.1) is 0 Å². The lowest BCUT2D eigenvalue weighted by atomic mass is 10.2. The second-order valence-corrected chi connectivity index (χ2v) is 4.60. The summed E-state index contributed by atoms with van der Waals surface area (Å²) in [6.45, 7) is 0.688. The van der Waals surface area contributed by atoms with Gasteiger partial charge in [0.15, 0.2) is 0 Å². The maximum absolute atomic E-state index is 8.60. The van der Waals surface area contributed by atoms with Crippen LogP contribution in [0.2, 0.25) is 0 Å². The van der Waals surface area contributed by atoms with Crippen molar-refractivity contribution in [1.82, 2.24) is 9.97 Å². The molecule has 0 amide bonds. The van der Waals surface area contributed by atoms with Crippen LogP contribution in [0.25, 0.3) is 11.0 Å². The van der Waals surface area contributed by atoms with Crippen LogP contribution in [-0.2, 0) is 0 Å². The van der Waals surface area contributed by atoms with Crippen molar-refractivity contribution in [3.8, 4) is 6.07 Å². The second kappa shape index (κ2) is 5.11. The quantitative estimate of drug-likeness (QED) is 0.872. The van der Waals surface area contributed by atoms with Crippen molar-refractivity contribution in [3.05, 3.63) is 29.0 Å². The Morgan fingerprint density at radius 1 is 1.47 bits per heavy atom. The highest BCUT2D eigenvalue weighted by molar-refractivity contribution is 9.10. The molecular weight excluding hydrogens is 280 g/mol. The molecule has 2 rings (SSSR count). The Morgan fingerprint density at radius 3 is 3.06 bits per heavy atom. The summed E-state index contributed by atoms with van der Waals surface area (Å²) in [6, 6.07) is 5.99. The largest absolute Gasteiger partial charge is 0.372 e. The van der Waals surface area contributed by atoms with E-state index >= 15 is 0 Å². The third-order valence-electron chi connectivity index (χ3n) is 2.49. The minimum atomic E-state index is 0.497. The molecule has 2 heterocycles. The third-order valence-corrected chi connectivity index (χ3v) is 2.93. The van der Waals surface area contributed by atoms with E-state index in [9.17, 15) is 0 Å². The smallest absolute Gasteiger partial charge is 0.112 e. The molecular formula is C12H11BrN4. The average molecular weight is 291 g/mol. The van der Waals surface area contributed by atoms with E-state index in [2.05, 4.69) is 32.0 Å². The molecule has 86 valence electrons. The first-order valence-electron chi connectivity index (χ1n) is 5.20. The fourth-order valence-corrected chi connectivity index (χ4v) is 1.96. The van der Waals surface area contributed by atoms with Crippen LogP contribution < -0.4 is 4.90 Å². The number of nitriles is 1. The molecule has 0 aromatic carbocycles. The van der Waals surface area contributed by atoms with Gasteiger partial charge >= 0.3 is 0 Å². The maximum Gasteiger partial charge on any atom is 0.112 e. The predicted octanol–water partition coefficient (Wildman–Crippen LogP) is 2.74. The van der Waals surface area contributed by atoms with Gasteiger partial charge in [0.05, 0.1) is 23.7 Å². The van der Waals surface area contributed by atoms with Crippen molar-refractivity contribution >= 4 is 32.7 Å². The first-order chi connectivity index (χ1) is 8.22. The molecule has 17 heavy (non-hydrogen) atoms. The number of hydrogen-bond acceptors (Lipinski definition) is 4. The van der Waals surface area contributed by atoms with Gasteiger partial charge in [0.2, 0.25) is 0 Å². The highest BCUT2D eigenvalue weighted by Gasteiger charge is 2.07. The molecule has 0 aliphatic rings. The average Bonchev–Trinajstić information content (AvgIpc) is 2.34. The summed E-state index contributed by atoms with van der Waals surface area (Å²) in [5, 5.41) is 8.60. The van der Waals surface area contributed by atoms with Crippen LogP contribution in [0.1, 0.15) is 6.42 Å². The number of nitrogens with zero attached hydrogens (tertiary/aromatic N) is 4. The molecule has 0 saturated heterocycles. The van der Waals surface area contributed by atoms with E-state index in [0.717, 1.165) is 21.2 Å². The summed E-state index contributed by atoms with van der Waals surface area (Å²) in [5.74, 6) is 0.